The van der Waals surface area contributed by atoms with Gasteiger partial charge in [0.1, 0.15) is 0 Å². The van der Waals surface area contributed by atoms with Crippen LogP contribution in [0.5, 0.6) is 0 Å². The lowest BCUT2D eigenvalue weighted by Crippen LogP contribution is -2.51. The Labute approximate surface area is 196 Å². The van der Waals surface area contributed by atoms with Gasteiger partial charge in [-0.05, 0) is 49.9 Å². The first kappa shape index (κ1) is 27.1. The second kappa shape index (κ2) is 12.8. The summed E-state index contributed by atoms with van der Waals surface area (Å²) in [5.74, 6) is 0. The number of para-hydroxylation sites is 1. The third-order valence-corrected chi connectivity index (χ3v) is 4.06. The van der Waals surface area contributed by atoms with Gasteiger partial charge in [0, 0.05) is 12.6 Å². The molecule has 0 aliphatic carbocycles. The number of hydrogen-bond donors (Lipinski definition) is 6. The average molecular weight is 454 g/mol. The number of amides is 4. The highest BCUT2D eigenvalue weighted by molar-refractivity contribution is 5.76. The van der Waals surface area contributed by atoms with Gasteiger partial charge in [-0.25, -0.2) is 14.4 Å². The van der Waals surface area contributed by atoms with Crippen molar-refractivity contribution in [2.24, 2.45) is 5.41 Å². The summed E-state index contributed by atoms with van der Waals surface area (Å²) in [7, 11) is 1.53. The Morgan fingerprint density at radius 1 is 0.818 bits per heavy atom. The lowest BCUT2D eigenvalue weighted by molar-refractivity contribution is 0.212. The van der Waals surface area contributed by atoms with Gasteiger partial charge in [-0.15, -0.1) is 0 Å². The number of hydrogen-bond acceptors (Lipinski definition) is 4. The minimum Gasteiger partial charge on any atom is -0.340 e. The van der Waals surface area contributed by atoms with E-state index in [2.05, 4.69) is 58.0 Å². The number of carbonyl (C=O) groups excluding carboxylic acids is 2. The predicted octanol–water partition coefficient (Wildman–Crippen LogP) is 5.02. The second-order valence-electron chi connectivity index (χ2n) is 9.18. The molecule has 0 unspecified atom stereocenters. The molecule has 0 aliphatic rings. The van der Waals surface area contributed by atoms with Crippen molar-refractivity contribution in [1.29, 1.82) is 0 Å². The van der Waals surface area contributed by atoms with E-state index in [1.165, 1.54) is 7.05 Å². The summed E-state index contributed by atoms with van der Waals surface area (Å²) in [5, 5.41) is 5.37. The van der Waals surface area contributed by atoms with Crippen LogP contribution < -0.4 is 32.3 Å². The SMILES string of the molecule is CC(C)(C)CC(C)(C)NC(=O)NNc1ccccc1.[C-]#[N+]c1ccc(NNC(=O)NC)cc1. The van der Waals surface area contributed by atoms with E-state index in [0.717, 1.165) is 17.8 Å². The fraction of sp³-hybridized carbons (Fsp3) is 0.375. The van der Waals surface area contributed by atoms with Crippen LogP contribution in [-0.2, 0) is 0 Å². The number of hydrazine groups is 2. The third-order valence-electron chi connectivity index (χ3n) is 4.06. The van der Waals surface area contributed by atoms with Gasteiger partial charge in [-0.1, -0.05) is 51.1 Å². The predicted molar refractivity (Wildman–Crippen MR) is 134 cm³/mol. The largest absolute Gasteiger partial charge is 0.340 e. The van der Waals surface area contributed by atoms with Crippen molar-refractivity contribution in [1.82, 2.24) is 21.5 Å². The van der Waals surface area contributed by atoms with Crippen molar-refractivity contribution < 1.29 is 9.59 Å². The van der Waals surface area contributed by atoms with Crippen LogP contribution >= 0.6 is 0 Å². The molecule has 0 spiro atoms. The van der Waals surface area contributed by atoms with Crippen molar-refractivity contribution >= 4 is 29.1 Å². The summed E-state index contributed by atoms with van der Waals surface area (Å²) >= 11 is 0. The number of nitrogens with zero attached hydrogens (tertiary/aromatic N) is 1. The van der Waals surface area contributed by atoms with E-state index in [1.54, 1.807) is 24.3 Å². The molecule has 6 N–H and O–H groups in total. The van der Waals surface area contributed by atoms with Crippen LogP contribution in [0.1, 0.15) is 41.0 Å². The zero-order chi connectivity index (χ0) is 24.9. The maximum Gasteiger partial charge on any atom is 0.333 e. The maximum atomic E-state index is 11.8. The monoisotopic (exact) mass is 453 g/mol. The van der Waals surface area contributed by atoms with Crippen LogP contribution in [0.2, 0.25) is 0 Å². The second-order valence-corrected chi connectivity index (χ2v) is 9.18. The summed E-state index contributed by atoms with van der Waals surface area (Å²) in [6.45, 7) is 17.3. The van der Waals surface area contributed by atoms with Crippen LogP contribution in [0.4, 0.5) is 26.7 Å². The number of urea groups is 2. The third kappa shape index (κ3) is 12.5. The molecule has 9 nitrogen and oxygen atoms in total. The highest BCUT2D eigenvalue weighted by atomic mass is 16.2. The van der Waals surface area contributed by atoms with E-state index in [-0.39, 0.29) is 23.0 Å². The summed E-state index contributed by atoms with van der Waals surface area (Å²) in [5.41, 5.74) is 12.7. The molecule has 2 aromatic rings. The first-order valence-electron chi connectivity index (χ1n) is 10.5. The summed E-state index contributed by atoms with van der Waals surface area (Å²) < 4.78 is 0. The Morgan fingerprint density at radius 3 is 1.82 bits per heavy atom. The van der Waals surface area contributed by atoms with Crippen molar-refractivity contribution in [2.75, 3.05) is 17.9 Å². The van der Waals surface area contributed by atoms with Crippen molar-refractivity contribution in [2.45, 2.75) is 46.6 Å². The van der Waals surface area contributed by atoms with Gasteiger partial charge in [0.25, 0.3) is 0 Å². The van der Waals surface area contributed by atoms with E-state index in [9.17, 15) is 9.59 Å². The molecule has 0 aromatic heterocycles. The van der Waals surface area contributed by atoms with Crippen LogP contribution in [0.15, 0.2) is 54.6 Å². The first-order valence-corrected chi connectivity index (χ1v) is 10.5. The van der Waals surface area contributed by atoms with Crippen molar-refractivity contribution in [3.05, 3.63) is 66.0 Å². The number of rotatable bonds is 6. The normalized spacial score (nSPS) is 10.5. The molecule has 9 heteroatoms. The van der Waals surface area contributed by atoms with E-state index in [4.69, 9.17) is 6.57 Å². The Morgan fingerprint density at radius 2 is 1.33 bits per heavy atom. The van der Waals surface area contributed by atoms with Crippen LogP contribution in [-0.4, -0.2) is 24.6 Å². The van der Waals surface area contributed by atoms with Gasteiger partial charge in [-0.2, -0.15) is 0 Å². The van der Waals surface area contributed by atoms with Crippen molar-refractivity contribution in [3.63, 3.8) is 0 Å². The van der Waals surface area contributed by atoms with Crippen LogP contribution in [0, 0.1) is 12.0 Å². The van der Waals surface area contributed by atoms with Crippen LogP contribution in [0.3, 0.4) is 0 Å². The Balaban J connectivity index is 0.000000346. The molecule has 0 saturated heterocycles. The quantitative estimate of drug-likeness (QED) is 0.272. The Hall–Kier alpha value is -3.93. The van der Waals surface area contributed by atoms with E-state index < -0.39 is 0 Å². The minimum absolute atomic E-state index is 0.170. The molecule has 0 saturated carbocycles. The molecule has 0 bridgehead atoms. The fourth-order valence-electron chi connectivity index (χ4n) is 3.17. The smallest absolute Gasteiger partial charge is 0.333 e. The zero-order valence-electron chi connectivity index (χ0n) is 20.2. The fourth-order valence-corrected chi connectivity index (χ4v) is 3.17. The number of carbonyl (C=O) groups is 2. The lowest BCUT2D eigenvalue weighted by atomic mass is 9.82. The van der Waals surface area contributed by atoms with Gasteiger partial charge >= 0.3 is 12.1 Å². The number of anilines is 2. The van der Waals surface area contributed by atoms with Gasteiger partial charge < -0.3 is 10.6 Å². The average Bonchev–Trinajstić information content (AvgIpc) is 2.75. The zero-order valence-corrected chi connectivity index (χ0v) is 20.2. The summed E-state index contributed by atoms with van der Waals surface area (Å²) in [6.07, 6.45) is 0.902. The molecular formula is C24H35N7O2. The number of nitrogens with one attached hydrogen (secondary N) is 6. The molecule has 0 fully saturated rings. The molecule has 2 aromatic carbocycles. The molecule has 33 heavy (non-hydrogen) atoms. The van der Waals surface area contributed by atoms with Crippen molar-refractivity contribution in [3.8, 4) is 0 Å². The summed E-state index contributed by atoms with van der Waals surface area (Å²) in [6, 6.07) is 15.7. The molecule has 0 radical (unpaired) electrons. The summed E-state index contributed by atoms with van der Waals surface area (Å²) in [4.78, 5) is 25.9. The minimum atomic E-state index is -0.320. The standard InChI is InChI=1S/C15H25N3O.C9H10N4O/c1-14(2,3)11-15(4,5)16-13(19)18-17-12-9-7-6-8-10-12;1-10-7-3-5-8(6-4-7)12-13-9(14)11-2/h6-10,17H,11H2,1-5H3,(H2,16,18,19);3-6,12H,2H3,(H2,11,13,14). The first-order chi connectivity index (χ1) is 15.4. The molecule has 0 heterocycles. The maximum absolute atomic E-state index is 11.8. The molecule has 178 valence electrons. The van der Waals surface area contributed by atoms with E-state index in [0.29, 0.717) is 5.69 Å². The van der Waals surface area contributed by atoms with Gasteiger partial charge in [0.05, 0.1) is 17.9 Å². The molecule has 2 rings (SSSR count). The van der Waals surface area contributed by atoms with Crippen LogP contribution in [0.25, 0.3) is 4.85 Å². The highest BCUT2D eigenvalue weighted by Gasteiger charge is 2.26. The topological polar surface area (TPSA) is 111 Å². The Bertz CT molecular complexity index is 915. The van der Waals surface area contributed by atoms with E-state index >= 15 is 0 Å². The van der Waals surface area contributed by atoms with E-state index in [1.807, 2.05) is 44.2 Å². The highest BCUT2D eigenvalue weighted by Crippen LogP contribution is 2.26. The molecule has 4 amide bonds. The molecule has 0 atom stereocenters. The number of benzene rings is 2. The van der Waals surface area contributed by atoms with Gasteiger partial charge in [0.15, 0.2) is 5.69 Å². The van der Waals surface area contributed by atoms with Gasteiger partial charge in [-0.3, -0.25) is 21.7 Å². The molecular weight excluding hydrogens is 418 g/mol. The van der Waals surface area contributed by atoms with Gasteiger partial charge in [0.2, 0.25) is 0 Å². The molecule has 0 aliphatic heterocycles. The lowest BCUT2D eigenvalue weighted by Gasteiger charge is -2.33. The Kier molecular flexibility index (Phi) is 10.5.